The summed E-state index contributed by atoms with van der Waals surface area (Å²) >= 11 is 0. The molecule has 2 aromatic rings. The summed E-state index contributed by atoms with van der Waals surface area (Å²) < 4.78 is 0. The van der Waals surface area contributed by atoms with Gasteiger partial charge in [0.2, 0.25) is 0 Å². The van der Waals surface area contributed by atoms with Crippen LogP contribution in [0.4, 0.5) is 0 Å². The van der Waals surface area contributed by atoms with Gasteiger partial charge in [0.25, 0.3) is 0 Å². The monoisotopic (exact) mass is 250 g/mol. The van der Waals surface area contributed by atoms with E-state index in [0.29, 0.717) is 0 Å². The first-order valence-electron chi connectivity index (χ1n) is 6.55. The Hall–Kier alpha value is -2.15. The summed E-state index contributed by atoms with van der Waals surface area (Å²) in [4.78, 5) is 12.1. The van der Waals surface area contributed by atoms with E-state index in [1.54, 1.807) is 0 Å². The summed E-state index contributed by atoms with van der Waals surface area (Å²) in [5, 5.41) is 0. The first-order valence-corrected chi connectivity index (χ1v) is 6.55. The average molecular weight is 250 g/mol. The van der Waals surface area contributed by atoms with Gasteiger partial charge in [-0.25, -0.2) is 0 Å². The highest BCUT2D eigenvalue weighted by Crippen LogP contribution is 2.17. The van der Waals surface area contributed by atoms with Crippen LogP contribution >= 0.6 is 0 Å². The molecule has 0 unspecified atom stereocenters. The Morgan fingerprint density at radius 3 is 2.21 bits per heavy atom. The van der Waals surface area contributed by atoms with Crippen LogP contribution in [0.25, 0.3) is 12.2 Å². The second-order valence-corrected chi connectivity index (χ2v) is 4.85. The molecule has 0 fully saturated rings. The van der Waals surface area contributed by atoms with Gasteiger partial charge in [-0.1, -0.05) is 80.6 Å². The minimum Gasteiger partial charge on any atom is -0.294 e. The molecule has 0 saturated carbocycles. The second kappa shape index (κ2) is 6.14. The third kappa shape index (κ3) is 3.41. The molecular weight excluding hydrogens is 232 g/mol. The number of rotatable bonds is 4. The van der Waals surface area contributed by atoms with E-state index in [9.17, 15) is 4.79 Å². The zero-order valence-corrected chi connectivity index (χ0v) is 11.3. The van der Waals surface area contributed by atoms with Gasteiger partial charge >= 0.3 is 0 Å². The number of hydrogen-bond donors (Lipinski definition) is 0. The first kappa shape index (κ1) is 13.3. The van der Waals surface area contributed by atoms with E-state index < -0.39 is 0 Å². The van der Waals surface area contributed by atoms with Crippen molar-refractivity contribution in [2.45, 2.75) is 13.8 Å². The molecule has 0 aromatic heterocycles. The molecule has 0 amide bonds. The lowest BCUT2D eigenvalue weighted by atomic mass is 9.96. The zero-order chi connectivity index (χ0) is 13.7. The molecule has 1 heteroatoms. The van der Waals surface area contributed by atoms with Crippen molar-refractivity contribution in [3.05, 3.63) is 71.3 Å². The van der Waals surface area contributed by atoms with Gasteiger partial charge in [-0.05, 0) is 11.1 Å². The van der Waals surface area contributed by atoms with Crippen LogP contribution in [0.5, 0.6) is 0 Å². The maximum atomic E-state index is 12.1. The molecule has 19 heavy (non-hydrogen) atoms. The van der Waals surface area contributed by atoms with E-state index in [2.05, 4.69) is 0 Å². The van der Waals surface area contributed by atoms with Crippen LogP contribution in [-0.4, -0.2) is 5.78 Å². The zero-order valence-electron chi connectivity index (χ0n) is 11.3. The van der Waals surface area contributed by atoms with Gasteiger partial charge in [-0.2, -0.15) is 0 Å². The number of benzene rings is 2. The van der Waals surface area contributed by atoms with Gasteiger partial charge in [0, 0.05) is 11.5 Å². The molecule has 2 rings (SSSR count). The third-order valence-corrected chi connectivity index (χ3v) is 3.01. The summed E-state index contributed by atoms with van der Waals surface area (Å²) in [5.74, 6) is 0.208. The molecular formula is C18H18O. The molecule has 0 heterocycles. The van der Waals surface area contributed by atoms with Crippen molar-refractivity contribution in [3.63, 3.8) is 0 Å². The number of Topliss-reactive ketones (excluding diaryl/α,β-unsaturated/α-hetero) is 1. The number of carbonyl (C=O) groups excluding carboxylic acids is 1. The van der Waals surface area contributed by atoms with Crippen molar-refractivity contribution in [2.24, 2.45) is 5.92 Å². The molecule has 0 aliphatic carbocycles. The van der Waals surface area contributed by atoms with Gasteiger partial charge in [-0.15, -0.1) is 0 Å². The standard InChI is InChI=1S/C18H18O/c1-14(2)18(19)17-11-7-6-10-16(17)13-12-15-8-4-3-5-9-15/h3-14H,1-2H3/b13-12+. The minimum absolute atomic E-state index is 0.0197. The molecule has 2 aromatic carbocycles. The molecule has 0 N–H and O–H groups in total. The number of ketones is 1. The first-order chi connectivity index (χ1) is 9.18. The van der Waals surface area contributed by atoms with Gasteiger partial charge < -0.3 is 0 Å². The Kier molecular flexibility index (Phi) is 4.30. The van der Waals surface area contributed by atoms with Crippen LogP contribution in [-0.2, 0) is 0 Å². The van der Waals surface area contributed by atoms with Crippen LogP contribution in [0.1, 0.15) is 35.3 Å². The van der Waals surface area contributed by atoms with E-state index in [-0.39, 0.29) is 11.7 Å². The third-order valence-electron chi connectivity index (χ3n) is 3.01. The fourth-order valence-electron chi connectivity index (χ4n) is 1.93. The van der Waals surface area contributed by atoms with E-state index in [4.69, 9.17) is 0 Å². The van der Waals surface area contributed by atoms with E-state index >= 15 is 0 Å². The molecule has 0 aliphatic heterocycles. The lowest BCUT2D eigenvalue weighted by Crippen LogP contribution is -2.08. The maximum Gasteiger partial charge on any atom is 0.165 e. The molecule has 0 saturated heterocycles. The van der Waals surface area contributed by atoms with Crippen molar-refractivity contribution in [3.8, 4) is 0 Å². The molecule has 0 aliphatic rings. The van der Waals surface area contributed by atoms with Crippen LogP contribution in [0.2, 0.25) is 0 Å². The molecule has 0 spiro atoms. The van der Waals surface area contributed by atoms with Crippen molar-refractivity contribution >= 4 is 17.9 Å². The lowest BCUT2D eigenvalue weighted by molar-refractivity contribution is 0.0939. The lowest BCUT2D eigenvalue weighted by Gasteiger charge is -2.07. The Balaban J connectivity index is 2.31. The SMILES string of the molecule is CC(C)C(=O)c1ccccc1/C=C/c1ccccc1. The summed E-state index contributed by atoms with van der Waals surface area (Å²) in [7, 11) is 0. The van der Waals surface area contributed by atoms with Crippen LogP contribution in [0.3, 0.4) is 0 Å². The Morgan fingerprint density at radius 1 is 0.895 bits per heavy atom. The van der Waals surface area contributed by atoms with Crippen LogP contribution < -0.4 is 0 Å². The molecule has 0 radical (unpaired) electrons. The average Bonchev–Trinajstić information content (AvgIpc) is 2.45. The van der Waals surface area contributed by atoms with E-state index in [0.717, 1.165) is 16.7 Å². The van der Waals surface area contributed by atoms with E-state index in [1.807, 2.05) is 80.6 Å². The van der Waals surface area contributed by atoms with Gasteiger partial charge in [0.05, 0.1) is 0 Å². The van der Waals surface area contributed by atoms with Crippen LogP contribution in [0, 0.1) is 5.92 Å². The normalized spacial score (nSPS) is 11.1. The highest BCUT2D eigenvalue weighted by atomic mass is 16.1. The van der Waals surface area contributed by atoms with Gasteiger partial charge in [0.1, 0.15) is 0 Å². The van der Waals surface area contributed by atoms with Crippen molar-refractivity contribution in [1.29, 1.82) is 0 Å². The molecule has 0 atom stereocenters. The Labute approximate surface area is 114 Å². The smallest absolute Gasteiger partial charge is 0.165 e. The summed E-state index contributed by atoms with van der Waals surface area (Å²) in [6.07, 6.45) is 4.04. The highest BCUT2D eigenvalue weighted by Gasteiger charge is 2.12. The summed E-state index contributed by atoms with van der Waals surface area (Å²) in [5.41, 5.74) is 2.91. The largest absolute Gasteiger partial charge is 0.294 e. The summed E-state index contributed by atoms with van der Waals surface area (Å²) in [6, 6.07) is 17.8. The molecule has 0 bridgehead atoms. The number of hydrogen-bond acceptors (Lipinski definition) is 1. The van der Waals surface area contributed by atoms with Crippen molar-refractivity contribution in [1.82, 2.24) is 0 Å². The van der Waals surface area contributed by atoms with Crippen molar-refractivity contribution < 1.29 is 4.79 Å². The molecule has 96 valence electrons. The Morgan fingerprint density at radius 2 is 1.53 bits per heavy atom. The fourth-order valence-corrected chi connectivity index (χ4v) is 1.93. The summed E-state index contributed by atoms with van der Waals surface area (Å²) in [6.45, 7) is 3.86. The Bertz CT molecular complexity index is 580. The topological polar surface area (TPSA) is 17.1 Å². The van der Waals surface area contributed by atoms with Gasteiger partial charge in [0.15, 0.2) is 5.78 Å². The van der Waals surface area contributed by atoms with E-state index in [1.165, 1.54) is 0 Å². The maximum absolute atomic E-state index is 12.1. The molecule has 1 nitrogen and oxygen atoms in total. The van der Waals surface area contributed by atoms with Gasteiger partial charge in [-0.3, -0.25) is 4.79 Å². The second-order valence-electron chi connectivity index (χ2n) is 4.85. The number of carbonyl (C=O) groups is 1. The van der Waals surface area contributed by atoms with Crippen molar-refractivity contribution in [2.75, 3.05) is 0 Å². The quantitative estimate of drug-likeness (QED) is 0.568. The minimum atomic E-state index is 0.0197. The predicted octanol–water partition coefficient (Wildman–Crippen LogP) is 4.70. The predicted molar refractivity (Wildman–Crippen MR) is 81.0 cm³/mol. The van der Waals surface area contributed by atoms with Crippen LogP contribution in [0.15, 0.2) is 54.6 Å². The highest BCUT2D eigenvalue weighted by molar-refractivity contribution is 6.01. The fraction of sp³-hybridized carbons (Fsp3) is 0.167.